The number of carboxylic acid groups (broad SMARTS) is 1. The minimum Gasteiger partial charge on any atom is -0.496 e. The number of methoxy groups -OCH3 is 1. The highest BCUT2D eigenvalue weighted by molar-refractivity contribution is 6.30. The van der Waals surface area contributed by atoms with E-state index in [9.17, 15) is 9.59 Å². The van der Waals surface area contributed by atoms with Gasteiger partial charge in [-0.3, -0.25) is 4.79 Å². The molecule has 1 unspecified atom stereocenters. The molecule has 1 amide bonds. The van der Waals surface area contributed by atoms with E-state index in [2.05, 4.69) is 5.32 Å². The predicted molar refractivity (Wildman–Crippen MR) is 101 cm³/mol. The van der Waals surface area contributed by atoms with E-state index in [1.807, 2.05) is 12.1 Å². The molecular weight excluding hydrogens is 370 g/mol. The molecule has 0 aliphatic carbocycles. The second-order valence-electron chi connectivity index (χ2n) is 6.34. The minimum absolute atomic E-state index is 0.0817. The van der Waals surface area contributed by atoms with Crippen LogP contribution in [0.15, 0.2) is 36.4 Å². The van der Waals surface area contributed by atoms with Crippen molar-refractivity contribution in [1.29, 1.82) is 0 Å². The number of halogens is 1. The Morgan fingerprint density at radius 2 is 2.11 bits per heavy atom. The molecule has 0 radical (unpaired) electrons. The van der Waals surface area contributed by atoms with Crippen molar-refractivity contribution in [3.05, 3.63) is 58.1 Å². The van der Waals surface area contributed by atoms with Crippen LogP contribution in [0, 0.1) is 5.92 Å². The van der Waals surface area contributed by atoms with Gasteiger partial charge in [0.1, 0.15) is 18.1 Å². The summed E-state index contributed by atoms with van der Waals surface area (Å²) in [6.07, 6.45) is 1.11. The van der Waals surface area contributed by atoms with Crippen LogP contribution in [0.5, 0.6) is 11.5 Å². The maximum absolute atomic E-state index is 12.4. The van der Waals surface area contributed by atoms with Gasteiger partial charge in [-0.15, -0.1) is 0 Å². The summed E-state index contributed by atoms with van der Waals surface area (Å²) in [5.74, 6) is -0.0970. The summed E-state index contributed by atoms with van der Waals surface area (Å²) < 4.78 is 10.9. The second kappa shape index (κ2) is 8.31. The number of benzene rings is 2. The van der Waals surface area contributed by atoms with E-state index in [-0.39, 0.29) is 17.4 Å². The molecular formula is C20H20ClNO5. The molecule has 0 bridgehead atoms. The number of carbonyl (C=O) groups excluding carboxylic acids is 1. The Hall–Kier alpha value is -2.73. The number of hydrogen-bond donors (Lipinski definition) is 2. The summed E-state index contributed by atoms with van der Waals surface area (Å²) >= 11 is 6.01. The zero-order valence-corrected chi connectivity index (χ0v) is 15.6. The Morgan fingerprint density at radius 1 is 1.30 bits per heavy atom. The number of rotatable bonds is 6. The Labute approximate surface area is 162 Å². The molecule has 2 N–H and O–H groups in total. The largest absolute Gasteiger partial charge is 0.496 e. The van der Waals surface area contributed by atoms with Gasteiger partial charge in [0, 0.05) is 11.6 Å². The zero-order chi connectivity index (χ0) is 19.4. The molecule has 1 aliphatic heterocycles. The fourth-order valence-corrected chi connectivity index (χ4v) is 3.28. The molecule has 0 aromatic heterocycles. The first-order valence-electron chi connectivity index (χ1n) is 8.57. The number of fused-ring (bicyclic) bond motifs is 1. The average Bonchev–Trinajstić information content (AvgIpc) is 2.67. The molecule has 0 saturated carbocycles. The molecule has 6 nitrogen and oxygen atoms in total. The van der Waals surface area contributed by atoms with Crippen LogP contribution in [-0.4, -0.2) is 37.2 Å². The lowest BCUT2D eigenvalue weighted by atomic mass is 9.96. The van der Waals surface area contributed by atoms with Crippen molar-refractivity contribution < 1.29 is 24.2 Å². The molecule has 27 heavy (non-hydrogen) atoms. The molecule has 0 saturated heterocycles. The van der Waals surface area contributed by atoms with Crippen LogP contribution in [-0.2, 0) is 17.6 Å². The number of amides is 1. The monoisotopic (exact) mass is 389 g/mol. The fraction of sp³-hybridized carbons (Fsp3) is 0.300. The Balaban J connectivity index is 1.56. The van der Waals surface area contributed by atoms with Gasteiger partial charge in [-0.2, -0.15) is 0 Å². The zero-order valence-electron chi connectivity index (χ0n) is 14.8. The van der Waals surface area contributed by atoms with Crippen LogP contribution < -0.4 is 14.8 Å². The molecule has 7 heteroatoms. The number of ether oxygens (including phenoxy) is 2. The Kier molecular flexibility index (Phi) is 5.86. The Morgan fingerprint density at radius 3 is 2.85 bits per heavy atom. The molecule has 1 atom stereocenters. The number of hydrogen-bond acceptors (Lipinski definition) is 4. The van der Waals surface area contributed by atoms with Crippen molar-refractivity contribution in [2.45, 2.75) is 12.8 Å². The Bertz CT molecular complexity index is 867. The molecule has 1 aliphatic rings. The van der Waals surface area contributed by atoms with Gasteiger partial charge in [-0.25, -0.2) is 4.79 Å². The van der Waals surface area contributed by atoms with Crippen molar-refractivity contribution in [1.82, 2.24) is 5.32 Å². The maximum atomic E-state index is 12.4. The molecule has 0 fully saturated rings. The standard InChI is InChI=1S/C20H20ClNO5/c1-26-18-10-13(20(24)25)3-2-12(18)6-7-22-19(23)15-8-14-9-16(21)4-5-17(14)27-11-15/h2-5,9-10,15H,6-8,11H2,1H3,(H,22,23)(H,24,25). The van der Waals surface area contributed by atoms with Crippen LogP contribution in [0.4, 0.5) is 0 Å². The fourth-order valence-electron chi connectivity index (χ4n) is 3.08. The van der Waals surface area contributed by atoms with Gasteiger partial charge in [-0.1, -0.05) is 17.7 Å². The van der Waals surface area contributed by atoms with Crippen LogP contribution in [0.2, 0.25) is 5.02 Å². The third-order valence-corrected chi connectivity index (χ3v) is 4.76. The van der Waals surface area contributed by atoms with Crippen LogP contribution in [0.1, 0.15) is 21.5 Å². The van der Waals surface area contributed by atoms with E-state index in [4.69, 9.17) is 26.2 Å². The highest BCUT2D eigenvalue weighted by Crippen LogP contribution is 2.29. The van der Waals surface area contributed by atoms with E-state index in [0.717, 1.165) is 16.9 Å². The summed E-state index contributed by atoms with van der Waals surface area (Å²) in [5, 5.41) is 12.6. The third kappa shape index (κ3) is 4.52. The minimum atomic E-state index is -1.01. The first-order valence-corrected chi connectivity index (χ1v) is 8.95. The van der Waals surface area contributed by atoms with Crippen LogP contribution in [0.3, 0.4) is 0 Å². The van der Waals surface area contributed by atoms with Gasteiger partial charge in [0.2, 0.25) is 5.91 Å². The number of carbonyl (C=O) groups is 2. The first-order chi connectivity index (χ1) is 13.0. The van der Waals surface area contributed by atoms with Crippen molar-refractivity contribution in [3.63, 3.8) is 0 Å². The van der Waals surface area contributed by atoms with E-state index in [0.29, 0.717) is 36.8 Å². The average molecular weight is 390 g/mol. The lowest BCUT2D eigenvalue weighted by Gasteiger charge is -2.24. The summed E-state index contributed by atoms with van der Waals surface area (Å²) in [7, 11) is 1.49. The lowest BCUT2D eigenvalue weighted by molar-refractivity contribution is -0.126. The predicted octanol–water partition coefficient (Wildman–Crippen LogP) is 2.96. The van der Waals surface area contributed by atoms with Gasteiger partial charge in [0.25, 0.3) is 0 Å². The number of aromatic carboxylic acids is 1. The number of nitrogens with one attached hydrogen (secondary N) is 1. The van der Waals surface area contributed by atoms with E-state index in [1.165, 1.54) is 19.2 Å². The highest BCUT2D eigenvalue weighted by Gasteiger charge is 2.26. The van der Waals surface area contributed by atoms with Gasteiger partial charge >= 0.3 is 5.97 Å². The SMILES string of the molecule is COc1cc(C(=O)O)ccc1CCNC(=O)C1COc2ccc(Cl)cc2C1. The van der Waals surface area contributed by atoms with Crippen LogP contribution in [0.25, 0.3) is 0 Å². The summed E-state index contributed by atoms with van der Waals surface area (Å²) in [6.45, 7) is 0.748. The quantitative estimate of drug-likeness (QED) is 0.793. The third-order valence-electron chi connectivity index (χ3n) is 4.53. The smallest absolute Gasteiger partial charge is 0.335 e. The molecule has 1 heterocycles. The second-order valence-corrected chi connectivity index (χ2v) is 6.77. The summed E-state index contributed by atoms with van der Waals surface area (Å²) in [4.78, 5) is 23.5. The summed E-state index contributed by atoms with van der Waals surface area (Å²) in [5.41, 5.74) is 1.93. The number of carboxylic acids is 1. The van der Waals surface area contributed by atoms with Crippen molar-refractivity contribution in [3.8, 4) is 11.5 Å². The highest BCUT2D eigenvalue weighted by atomic mass is 35.5. The molecule has 3 rings (SSSR count). The molecule has 2 aromatic carbocycles. The van der Waals surface area contributed by atoms with Crippen LogP contribution >= 0.6 is 11.6 Å². The van der Waals surface area contributed by atoms with E-state index >= 15 is 0 Å². The maximum Gasteiger partial charge on any atom is 0.335 e. The van der Waals surface area contributed by atoms with Gasteiger partial charge in [0.05, 0.1) is 18.6 Å². The van der Waals surface area contributed by atoms with Gasteiger partial charge < -0.3 is 19.9 Å². The van der Waals surface area contributed by atoms with E-state index in [1.54, 1.807) is 12.1 Å². The lowest BCUT2D eigenvalue weighted by Crippen LogP contribution is -2.38. The normalized spacial score (nSPS) is 15.4. The van der Waals surface area contributed by atoms with Crippen molar-refractivity contribution >= 4 is 23.5 Å². The molecule has 2 aromatic rings. The topological polar surface area (TPSA) is 84.9 Å². The summed E-state index contributed by atoms with van der Waals surface area (Å²) in [6, 6.07) is 10.1. The van der Waals surface area contributed by atoms with Gasteiger partial charge in [-0.05, 0) is 54.3 Å². The van der Waals surface area contributed by atoms with E-state index < -0.39 is 5.97 Å². The molecule has 142 valence electrons. The molecule has 0 spiro atoms. The van der Waals surface area contributed by atoms with Crippen molar-refractivity contribution in [2.75, 3.05) is 20.3 Å². The van der Waals surface area contributed by atoms with Gasteiger partial charge in [0.15, 0.2) is 0 Å². The van der Waals surface area contributed by atoms with Crippen molar-refractivity contribution in [2.24, 2.45) is 5.92 Å². The first kappa shape index (κ1) is 19.0.